The Morgan fingerprint density at radius 2 is 2.40 bits per heavy atom. The first-order valence-electron chi connectivity index (χ1n) is 4.85. The lowest BCUT2D eigenvalue weighted by Crippen LogP contribution is -2.24. The van der Waals surface area contributed by atoms with Crippen LogP contribution in [0, 0.1) is 0 Å². The van der Waals surface area contributed by atoms with Gasteiger partial charge in [-0.1, -0.05) is 0 Å². The van der Waals surface area contributed by atoms with E-state index in [0.29, 0.717) is 19.5 Å². The third kappa shape index (κ3) is 4.29. The molecular weight excluding hydrogens is 258 g/mol. The first-order chi connectivity index (χ1) is 7.24. The molecule has 82 valence electrons. The quantitative estimate of drug-likeness (QED) is 0.859. The maximum Gasteiger partial charge on any atom is 0.221 e. The van der Waals surface area contributed by atoms with Crippen molar-refractivity contribution in [3.05, 3.63) is 22.8 Å². The van der Waals surface area contributed by atoms with Crippen molar-refractivity contribution in [1.82, 2.24) is 10.3 Å². The summed E-state index contributed by atoms with van der Waals surface area (Å²) in [6.45, 7) is 3.16. The molecule has 1 heterocycles. The Morgan fingerprint density at radius 3 is 3.07 bits per heavy atom. The van der Waals surface area contributed by atoms with Gasteiger partial charge in [0.25, 0.3) is 0 Å². The lowest BCUT2D eigenvalue weighted by Gasteiger charge is -2.06. The number of amides is 1. The van der Waals surface area contributed by atoms with Crippen molar-refractivity contribution in [3.63, 3.8) is 0 Å². The van der Waals surface area contributed by atoms with Crippen LogP contribution in [-0.4, -0.2) is 24.0 Å². The summed E-state index contributed by atoms with van der Waals surface area (Å²) in [6.07, 6.45) is 2.16. The smallest absolute Gasteiger partial charge is 0.221 e. The summed E-state index contributed by atoms with van der Waals surface area (Å²) in [4.78, 5) is 15.3. The van der Waals surface area contributed by atoms with Gasteiger partial charge in [-0.2, -0.15) is 0 Å². The van der Waals surface area contributed by atoms with Crippen molar-refractivity contribution in [2.45, 2.75) is 13.3 Å². The van der Waals surface area contributed by atoms with Gasteiger partial charge in [0.2, 0.25) is 5.91 Å². The average molecular weight is 272 g/mol. The van der Waals surface area contributed by atoms with E-state index in [1.54, 1.807) is 6.20 Å². The van der Waals surface area contributed by atoms with Crippen LogP contribution in [0.1, 0.15) is 13.3 Å². The Hall–Kier alpha value is -1.10. The third-order valence-corrected chi connectivity index (χ3v) is 2.42. The van der Waals surface area contributed by atoms with Gasteiger partial charge in [-0.3, -0.25) is 4.79 Å². The average Bonchev–Trinajstić information content (AvgIpc) is 2.21. The maximum absolute atomic E-state index is 11.1. The van der Waals surface area contributed by atoms with Crippen molar-refractivity contribution >= 4 is 27.7 Å². The number of rotatable bonds is 5. The molecule has 0 aromatic carbocycles. The Balaban J connectivity index is 2.32. The fraction of sp³-hybridized carbons (Fsp3) is 0.400. The number of halogens is 1. The molecule has 1 amide bonds. The second-order valence-electron chi connectivity index (χ2n) is 2.96. The standard InChI is InChI=1S/C10H14BrN3O/c1-2-12-9(15)5-7-14-10-8(11)4-3-6-13-10/h3-4,6H,2,5,7H2,1H3,(H,12,15)(H,13,14). The second kappa shape index (κ2) is 6.40. The molecule has 0 saturated heterocycles. The van der Waals surface area contributed by atoms with Crippen LogP contribution in [0.3, 0.4) is 0 Å². The SMILES string of the molecule is CCNC(=O)CCNc1ncccc1Br. The lowest BCUT2D eigenvalue weighted by molar-refractivity contribution is -0.120. The highest BCUT2D eigenvalue weighted by atomic mass is 79.9. The van der Waals surface area contributed by atoms with Gasteiger partial charge in [0.15, 0.2) is 0 Å². The lowest BCUT2D eigenvalue weighted by atomic mass is 10.4. The van der Waals surface area contributed by atoms with Gasteiger partial charge in [-0.15, -0.1) is 0 Å². The van der Waals surface area contributed by atoms with Gasteiger partial charge < -0.3 is 10.6 Å². The number of hydrogen-bond donors (Lipinski definition) is 2. The summed E-state index contributed by atoms with van der Waals surface area (Å²) in [6, 6.07) is 3.75. The van der Waals surface area contributed by atoms with Crippen LogP contribution >= 0.6 is 15.9 Å². The largest absolute Gasteiger partial charge is 0.369 e. The summed E-state index contributed by atoms with van der Waals surface area (Å²) >= 11 is 3.37. The molecule has 1 aromatic rings. The number of carbonyl (C=O) groups excluding carboxylic acids is 1. The van der Waals surface area contributed by atoms with Gasteiger partial charge in [-0.25, -0.2) is 4.98 Å². The molecule has 0 spiro atoms. The highest BCUT2D eigenvalue weighted by molar-refractivity contribution is 9.10. The number of pyridine rings is 1. The predicted octanol–water partition coefficient (Wildman–Crippen LogP) is 1.78. The molecule has 0 bridgehead atoms. The van der Waals surface area contributed by atoms with Crippen molar-refractivity contribution < 1.29 is 4.79 Å². The molecule has 2 N–H and O–H groups in total. The van der Waals surface area contributed by atoms with Gasteiger partial charge >= 0.3 is 0 Å². The minimum atomic E-state index is 0.0528. The molecular formula is C10H14BrN3O. The minimum absolute atomic E-state index is 0.0528. The van der Waals surface area contributed by atoms with E-state index in [0.717, 1.165) is 10.3 Å². The molecule has 15 heavy (non-hydrogen) atoms. The van der Waals surface area contributed by atoms with E-state index in [1.807, 2.05) is 19.1 Å². The van der Waals surface area contributed by atoms with E-state index in [-0.39, 0.29) is 5.91 Å². The summed E-state index contributed by atoms with van der Waals surface area (Å²) in [5.41, 5.74) is 0. The van der Waals surface area contributed by atoms with Crippen LogP contribution in [-0.2, 0) is 4.79 Å². The Labute approximate surface area is 97.6 Å². The van der Waals surface area contributed by atoms with Crippen molar-refractivity contribution in [3.8, 4) is 0 Å². The second-order valence-corrected chi connectivity index (χ2v) is 3.82. The van der Waals surface area contributed by atoms with E-state index in [1.165, 1.54) is 0 Å². The van der Waals surface area contributed by atoms with Crippen molar-refractivity contribution in [2.24, 2.45) is 0 Å². The summed E-state index contributed by atoms with van der Waals surface area (Å²) in [5.74, 6) is 0.818. The number of nitrogens with zero attached hydrogens (tertiary/aromatic N) is 1. The minimum Gasteiger partial charge on any atom is -0.369 e. The molecule has 1 rings (SSSR count). The molecule has 1 aromatic heterocycles. The monoisotopic (exact) mass is 271 g/mol. The van der Waals surface area contributed by atoms with E-state index >= 15 is 0 Å². The highest BCUT2D eigenvalue weighted by Gasteiger charge is 2.01. The zero-order valence-corrected chi connectivity index (χ0v) is 10.2. The predicted molar refractivity (Wildman–Crippen MR) is 63.7 cm³/mol. The van der Waals surface area contributed by atoms with Crippen LogP contribution in [0.4, 0.5) is 5.82 Å². The summed E-state index contributed by atoms with van der Waals surface area (Å²) in [5, 5.41) is 5.82. The highest BCUT2D eigenvalue weighted by Crippen LogP contribution is 2.17. The van der Waals surface area contributed by atoms with Gasteiger partial charge in [0.05, 0.1) is 4.47 Å². The molecule has 0 saturated carbocycles. The Bertz CT molecular complexity index is 330. The first kappa shape index (κ1) is 12.0. The van der Waals surface area contributed by atoms with E-state index in [2.05, 4.69) is 31.5 Å². The fourth-order valence-electron chi connectivity index (χ4n) is 1.10. The topological polar surface area (TPSA) is 54.0 Å². The van der Waals surface area contributed by atoms with E-state index in [9.17, 15) is 4.79 Å². The van der Waals surface area contributed by atoms with Gasteiger partial charge in [0, 0.05) is 25.7 Å². The van der Waals surface area contributed by atoms with Crippen LogP contribution in [0.2, 0.25) is 0 Å². The number of anilines is 1. The molecule has 0 aliphatic carbocycles. The fourth-order valence-corrected chi connectivity index (χ4v) is 1.49. The molecule has 0 radical (unpaired) electrons. The maximum atomic E-state index is 11.1. The third-order valence-electron chi connectivity index (χ3n) is 1.78. The number of hydrogen-bond acceptors (Lipinski definition) is 3. The van der Waals surface area contributed by atoms with Crippen LogP contribution in [0.25, 0.3) is 0 Å². The number of carbonyl (C=O) groups is 1. The zero-order chi connectivity index (χ0) is 11.1. The van der Waals surface area contributed by atoms with Crippen molar-refractivity contribution in [1.29, 1.82) is 0 Å². The summed E-state index contributed by atoms with van der Waals surface area (Å²) in [7, 11) is 0. The summed E-state index contributed by atoms with van der Waals surface area (Å²) < 4.78 is 0.904. The normalized spacial score (nSPS) is 9.73. The number of aromatic nitrogens is 1. The van der Waals surface area contributed by atoms with Crippen LogP contribution < -0.4 is 10.6 Å². The molecule has 0 aliphatic rings. The molecule has 5 heteroatoms. The van der Waals surface area contributed by atoms with Gasteiger partial charge in [0.1, 0.15) is 5.82 Å². The van der Waals surface area contributed by atoms with Crippen LogP contribution in [0.15, 0.2) is 22.8 Å². The van der Waals surface area contributed by atoms with E-state index < -0.39 is 0 Å². The zero-order valence-electron chi connectivity index (χ0n) is 8.59. The Kier molecular flexibility index (Phi) is 5.10. The number of nitrogens with one attached hydrogen (secondary N) is 2. The molecule has 4 nitrogen and oxygen atoms in total. The molecule has 0 atom stereocenters. The van der Waals surface area contributed by atoms with Crippen LogP contribution in [0.5, 0.6) is 0 Å². The van der Waals surface area contributed by atoms with E-state index in [4.69, 9.17) is 0 Å². The Morgan fingerprint density at radius 1 is 1.60 bits per heavy atom. The molecule has 0 fully saturated rings. The van der Waals surface area contributed by atoms with Gasteiger partial charge in [-0.05, 0) is 35.0 Å². The molecule has 0 aliphatic heterocycles. The van der Waals surface area contributed by atoms with Crippen molar-refractivity contribution in [2.75, 3.05) is 18.4 Å². The molecule has 0 unspecified atom stereocenters. The first-order valence-corrected chi connectivity index (χ1v) is 5.64.